The molecule has 13 heteroatoms. The molecule has 6 nitrogen and oxygen atoms in total. The zero-order valence-electron chi connectivity index (χ0n) is 15.8. The fourth-order valence-electron chi connectivity index (χ4n) is 2.63. The average Bonchev–Trinajstić information content (AvgIpc) is 3.51. The number of halogens is 4. The van der Waals surface area contributed by atoms with Crippen LogP contribution in [0.25, 0.3) is 5.73 Å². The molecule has 30 heavy (non-hydrogen) atoms. The van der Waals surface area contributed by atoms with Crippen molar-refractivity contribution in [3.05, 3.63) is 39.6 Å². The number of alkyl halides is 3. The number of rotatable bonds is 4. The van der Waals surface area contributed by atoms with Crippen molar-refractivity contribution in [1.82, 2.24) is 4.90 Å². The van der Waals surface area contributed by atoms with Gasteiger partial charge in [0.05, 0.1) is 26.3 Å². The van der Waals surface area contributed by atoms with Gasteiger partial charge in [0.15, 0.2) is 5.91 Å². The van der Waals surface area contributed by atoms with Crippen molar-refractivity contribution < 1.29 is 45.9 Å². The molecule has 3 rings (SSSR count). The number of hydrogen-bond donors (Lipinski definition) is 1. The van der Waals surface area contributed by atoms with Crippen LogP contribution in [0.1, 0.15) is 48.8 Å². The summed E-state index contributed by atoms with van der Waals surface area (Å²) >= 11 is 6.01. The summed E-state index contributed by atoms with van der Waals surface area (Å²) in [7, 11) is 11.9. The summed E-state index contributed by atoms with van der Waals surface area (Å²) in [5.41, 5.74) is 11.5. The van der Waals surface area contributed by atoms with E-state index in [-0.39, 0.29) is 30.5 Å². The summed E-state index contributed by atoms with van der Waals surface area (Å²) < 4.78 is 47.2. The Kier molecular flexibility index (Phi) is 9.77. The molecule has 1 aliphatic carbocycles. The van der Waals surface area contributed by atoms with Gasteiger partial charge in [-0.05, 0) is 28.6 Å². The number of amides is 2. The molecule has 0 saturated heterocycles. The molecule has 1 heterocycles. The second-order valence-electron chi connectivity index (χ2n) is 6.85. The SMILES string of the molecule is C1CC1.[B]C1([B])c2cc(Cl)c(C(F)(F)F)cc2CN1C(=O)CCC([NH-])C(N)=O.[O]=[W]. The molecule has 2 amide bonds. The van der Waals surface area contributed by atoms with E-state index < -0.39 is 40.0 Å². The van der Waals surface area contributed by atoms with Gasteiger partial charge in [0.1, 0.15) is 0 Å². The number of hydrogen-bond acceptors (Lipinski definition) is 3. The van der Waals surface area contributed by atoms with Crippen LogP contribution >= 0.6 is 11.6 Å². The summed E-state index contributed by atoms with van der Waals surface area (Å²) in [6.45, 7) is -0.235. The molecule has 0 aromatic heterocycles. The van der Waals surface area contributed by atoms with Gasteiger partial charge in [-0.2, -0.15) is 13.2 Å². The average molecular weight is 610 g/mol. The van der Waals surface area contributed by atoms with Crippen molar-refractivity contribution >= 4 is 39.1 Å². The summed E-state index contributed by atoms with van der Waals surface area (Å²) in [6.07, 6.45) is -0.553. The van der Waals surface area contributed by atoms with Gasteiger partial charge in [0.2, 0.25) is 5.91 Å². The van der Waals surface area contributed by atoms with E-state index in [9.17, 15) is 22.8 Å². The third-order valence-electron chi connectivity index (χ3n) is 4.35. The Balaban J connectivity index is 0.000000802. The van der Waals surface area contributed by atoms with Crippen molar-refractivity contribution in [1.29, 1.82) is 0 Å². The number of primary amides is 1. The number of carbonyl (C=O) groups excluding carboxylic acids is 2. The van der Waals surface area contributed by atoms with Gasteiger partial charge in [-0.25, -0.2) is 0 Å². The van der Waals surface area contributed by atoms with Gasteiger partial charge in [-0.1, -0.05) is 43.3 Å². The van der Waals surface area contributed by atoms with Gasteiger partial charge in [-0.15, -0.1) is 0 Å². The zero-order valence-corrected chi connectivity index (χ0v) is 19.5. The number of nitrogens with two attached hydrogens (primary N) is 1. The van der Waals surface area contributed by atoms with Crippen LogP contribution in [-0.2, 0) is 50.8 Å². The molecule has 0 spiro atoms. The van der Waals surface area contributed by atoms with Crippen LogP contribution in [0.5, 0.6) is 0 Å². The monoisotopic (exact) mass is 610 g/mol. The van der Waals surface area contributed by atoms with Crippen LogP contribution in [0, 0.1) is 0 Å². The first-order valence-electron chi connectivity index (χ1n) is 8.81. The number of carbonyl (C=O) groups is 2. The van der Waals surface area contributed by atoms with Crippen LogP contribution in [0.3, 0.4) is 0 Å². The first-order chi connectivity index (χ1) is 13.9. The van der Waals surface area contributed by atoms with Crippen LogP contribution in [0.2, 0.25) is 5.02 Å². The molecule has 1 aromatic rings. The number of nitrogens with one attached hydrogen (secondary N) is 1. The number of fused-ring (bicyclic) bond motifs is 1. The second-order valence-corrected chi connectivity index (χ2v) is 7.25. The van der Waals surface area contributed by atoms with Crippen LogP contribution in [0.15, 0.2) is 12.1 Å². The maximum absolute atomic E-state index is 13.0. The van der Waals surface area contributed by atoms with E-state index in [1.807, 2.05) is 0 Å². The van der Waals surface area contributed by atoms with Crippen molar-refractivity contribution in [3.63, 3.8) is 0 Å². The van der Waals surface area contributed by atoms with Crippen LogP contribution < -0.4 is 5.73 Å². The molecule has 2 aliphatic rings. The van der Waals surface area contributed by atoms with Gasteiger partial charge in [0.25, 0.3) is 0 Å². The topological polar surface area (TPSA) is 104 Å². The molecule has 0 bridgehead atoms. The number of nitrogens with zero attached hydrogens (tertiary/aromatic N) is 1. The van der Waals surface area contributed by atoms with Gasteiger partial charge in [0, 0.05) is 13.0 Å². The van der Waals surface area contributed by atoms with Crippen LogP contribution in [-0.4, -0.2) is 38.4 Å². The quantitative estimate of drug-likeness (QED) is 0.531. The minimum atomic E-state index is -4.66. The third-order valence-corrected chi connectivity index (χ3v) is 4.66. The van der Waals surface area contributed by atoms with Gasteiger partial charge >= 0.3 is 29.4 Å². The third kappa shape index (κ3) is 6.92. The van der Waals surface area contributed by atoms with Crippen molar-refractivity contribution in [3.8, 4) is 0 Å². The van der Waals surface area contributed by atoms with Crippen molar-refractivity contribution in [2.24, 2.45) is 5.73 Å². The second kappa shape index (κ2) is 10.9. The van der Waals surface area contributed by atoms with Crippen molar-refractivity contribution in [2.45, 2.75) is 56.2 Å². The first kappa shape index (κ1) is 26.9. The Hall–Kier alpha value is -1.18. The Morgan fingerprint density at radius 3 is 2.23 bits per heavy atom. The normalized spacial score (nSPS) is 16.9. The molecular formula is C17H18B2ClF3N3O3W-. The fourth-order valence-corrected chi connectivity index (χ4v) is 2.90. The Bertz CT molecular complexity index is 795. The molecule has 1 fully saturated rings. The summed E-state index contributed by atoms with van der Waals surface area (Å²) in [6, 6.07) is 0.546. The molecule has 1 atom stereocenters. The van der Waals surface area contributed by atoms with E-state index in [0.29, 0.717) is 19.8 Å². The molecule has 1 aromatic carbocycles. The molecule has 3 N–H and O–H groups in total. The summed E-state index contributed by atoms with van der Waals surface area (Å²) in [5, 5.41) is -2.41. The van der Waals surface area contributed by atoms with E-state index in [1.165, 1.54) is 19.3 Å². The molecule has 4 radical (unpaired) electrons. The predicted molar refractivity (Wildman–Crippen MR) is 101 cm³/mol. The van der Waals surface area contributed by atoms with E-state index >= 15 is 0 Å². The van der Waals surface area contributed by atoms with Gasteiger partial charge in [-0.3, -0.25) is 9.59 Å². The zero-order chi connectivity index (χ0) is 23.3. The van der Waals surface area contributed by atoms with E-state index in [0.717, 1.165) is 17.0 Å². The van der Waals surface area contributed by atoms with E-state index in [1.54, 1.807) is 0 Å². The van der Waals surface area contributed by atoms with E-state index in [4.69, 9.17) is 42.2 Å². The molecule has 1 saturated carbocycles. The maximum atomic E-state index is 13.0. The summed E-state index contributed by atoms with van der Waals surface area (Å²) in [4.78, 5) is 24.1. The van der Waals surface area contributed by atoms with E-state index in [2.05, 4.69) is 0 Å². The molecule has 1 unspecified atom stereocenters. The fraction of sp³-hybridized carbons (Fsp3) is 0.529. The molecule has 1 aliphatic heterocycles. The Morgan fingerprint density at radius 1 is 1.27 bits per heavy atom. The molecular weight excluding hydrogens is 592 g/mol. The van der Waals surface area contributed by atoms with Crippen molar-refractivity contribution in [2.75, 3.05) is 0 Å². The Labute approximate surface area is 191 Å². The standard InChI is InChI=1S/C14H12B2ClF3N3O2.C3H6.O.W/c15-13(16)7-4-9(17)8(14(18,19)20)3-6(7)5-23(13)11(24)2-1-10(21)12(22)25;1-2-3-1;;/h3-4,10,21H,1-2,5H2,(H2,22,25);1-3H2;;/q-1;;;. The number of benzene rings is 1. The van der Waals surface area contributed by atoms with Crippen LogP contribution in [0.4, 0.5) is 13.2 Å². The minimum absolute atomic E-state index is 0.108. The molecule has 160 valence electrons. The summed E-state index contributed by atoms with van der Waals surface area (Å²) in [5.74, 6) is -1.49. The van der Waals surface area contributed by atoms with Gasteiger partial charge < -0.3 is 16.4 Å². The predicted octanol–water partition coefficient (Wildman–Crippen LogP) is 2.88. The first-order valence-corrected chi connectivity index (χ1v) is 10.4. The Morgan fingerprint density at radius 2 is 1.80 bits per heavy atom.